The van der Waals surface area contributed by atoms with Crippen LogP contribution in [0.4, 0.5) is 16.2 Å². The molecule has 0 aromatic heterocycles. The predicted molar refractivity (Wildman–Crippen MR) is 151 cm³/mol. The average molecular weight is 509 g/mol. The normalized spacial score (nSPS) is 26.0. The first-order chi connectivity index (χ1) is 18.7. The second kappa shape index (κ2) is 10.5. The number of carbonyl (C=O) groups excluding carboxylic acids is 2. The molecule has 6 heteroatoms. The molecular formula is C32H36N4O2. The van der Waals surface area contributed by atoms with Crippen LogP contribution in [0.2, 0.25) is 0 Å². The van der Waals surface area contributed by atoms with E-state index in [0.717, 1.165) is 50.0 Å². The molecule has 2 heterocycles. The molecule has 1 saturated heterocycles. The fourth-order valence-electron chi connectivity index (χ4n) is 7.05. The number of nitrogens with one attached hydrogen (secondary N) is 2. The minimum absolute atomic E-state index is 0.0258. The Kier molecular flexibility index (Phi) is 6.79. The van der Waals surface area contributed by atoms with Crippen molar-refractivity contribution in [2.45, 2.75) is 50.2 Å². The first-order valence-electron chi connectivity index (χ1n) is 13.9. The van der Waals surface area contributed by atoms with Crippen molar-refractivity contribution in [1.29, 1.82) is 0 Å². The van der Waals surface area contributed by atoms with Gasteiger partial charge in [0.05, 0.1) is 24.0 Å². The van der Waals surface area contributed by atoms with Crippen LogP contribution in [-0.4, -0.2) is 36.5 Å². The summed E-state index contributed by atoms with van der Waals surface area (Å²) in [6, 6.07) is 28.7. The Bertz CT molecular complexity index is 1280. The molecule has 1 aliphatic carbocycles. The number of hydrogen-bond donors (Lipinski definition) is 2. The van der Waals surface area contributed by atoms with Gasteiger partial charge in [-0.15, -0.1) is 0 Å². The lowest BCUT2D eigenvalue weighted by atomic mass is 9.79. The molecule has 0 radical (unpaired) electrons. The largest absolute Gasteiger partial charge is 0.378 e. The third kappa shape index (κ3) is 4.32. The Morgan fingerprint density at radius 3 is 2.32 bits per heavy atom. The van der Waals surface area contributed by atoms with Crippen molar-refractivity contribution in [3.63, 3.8) is 0 Å². The molecule has 2 fully saturated rings. The van der Waals surface area contributed by atoms with Crippen molar-refractivity contribution in [2.75, 3.05) is 23.8 Å². The first-order valence-corrected chi connectivity index (χ1v) is 13.9. The minimum Gasteiger partial charge on any atom is -0.378 e. The highest BCUT2D eigenvalue weighted by Crippen LogP contribution is 2.52. The third-order valence-corrected chi connectivity index (χ3v) is 8.75. The number of para-hydroxylation sites is 2. The molecule has 0 bridgehead atoms. The Balaban J connectivity index is 1.35. The van der Waals surface area contributed by atoms with Gasteiger partial charge in [-0.05, 0) is 48.6 Å². The van der Waals surface area contributed by atoms with E-state index >= 15 is 0 Å². The molecule has 3 amide bonds. The molecule has 5 atom stereocenters. The van der Waals surface area contributed by atoms with E-state index in [4.69, 9.17) is 0 Å². The maximum absolute atomic E-state index is 14.5. The van der Waals surface area contributed by atoms with E-state index in [1.54, 1.807) is 7.05 Å². The average Bonchev–Trinajstić information content (AvgIpc) is 3.43. The van der Waals surface area contributed by atoms with Crippen molar-refractivity contribution < 1.29 is 9.59 Å². The Hall–Kier alpha value is -3.80. The molecule has 0 unspecified atom stereocenters. The van der Waals surface area contributed by atoms with Gasteiger partial charge < -0.3 is 15.5 Å². The highest BCUT2D eigenvalue weighted by atomic mass is 16.2. The number of nitrogens with zero attached hydrogens (tertiary/aromatic N) is 2. The molecule has 3 aromatic carbocycles. The Labute approximate surface area is 225 Å². The van der Waals surface area contributed by atoms with Crippen LogP contribution in [0.5, 0.6) is 0 Å². The summed E-state index contributed by atoms with van der Waals surface area (Å²) >= 11 is 0. The SMILES string of the molecule is CNC(=O)N(c1ccccc1)[C@@H]1CCCC[C@@H]1C(=O)N1CC[C@@H]2[C@H](c3ccccc3)Nc3ccccc3[C@@H]21. The van der Waals surface area contributed by atoms with E-state index in [1.807, 2.05) is 35.2 Å². The van der Waals surface area contributed by atoms with E-state index in [-0.39, 0.29) is 36.0 Å². The molecule has 3 aliphatic rings. The minimum atomic E-state index is -0.225. The maximum Gasteiger partial charge on any atom is 0.321 e. The number of fused-ring (bicyclic) bond motifs is 3. The first kappa shape index (κ1) is 24.5. The van der Waals surface area contributed by atoms with Gasteiger partial charge in [-0.3, -0.25) is 9.69 Å². The molecule has 0 spiro atoms. The van der Waals surface area contributed by atoms with Crippen LogP contribution in [0, 0.1) is 11.8 Å². The topological polar surface area (TPSA) is 64.7 Å². The number of carbonyl (C=O) groups is 2. The number of rotatable bonds is 4. The number of likely N-dealkylation sites (tertiary alicyclic amines) is 1. The third-order valence-electron chi connectivity index (χ3n) is 8.75. The molecule has 6 nitrogen and oxygen atoms in total. The molecule has 6 rings (SSSR count). The van der Waals surface area contributed by atoms with Crippen LogP contribution in [-0.2, 0) is 4.79 Å². The lowest BCUT2D eigenvalue weighted by Crippen LogP contribution is -2.54. The summed E-state index contributed by atoms with van der Waals surface area (Å²) in [6.45, 7) is 0.738. The summed E-state index contributed by atoms with van der Waals surface area (Å²) in [5.41, 5.74) is 4.41. The van der Waals surface area contributed by atoms with Gasteiger partial charge in [-0.1, -0.05) is 79.6 Å². The van der Waals surface area contributed by atoms with Crippen molar-refractivity contribution in [1.82, 2.24) is 10.2 Å². The Morgan fingerprint density at radius 2 is 1.55 bits per heavy atom. The lowest BCUT2D eigenvalue weighted by molar-refractivity contribution is -0.138. The number of urea groups is 1. The van der Waals surface area contributed by atoms with Gasteiger partial charge in [0.15, 0.2) is 0 Å². The van der Waals surface area contributed by atoms with Crippen molar-refractivity contribution in [3.05, 3.63) is 96.1 Å². The quantitative estimate of drug-likeness (QED) is 0.444. The zero-order chi connectivity index (χ0) is 26.1. The molecule has 2 N–H and O–H groups in total. The number of hydrogen-bond acceptors (Lipinski definition) is 3. The van der Waals surface area contributed by atoms with Crippen molar-refractivity contribution >= 4 is 23.3 Å². The number of amides is 3. The summed E-state index contributed by atoms with van der Waals surface area (Å²) in [4.78, 5) is 31.7. The fraction of sp³-hybridized carbons (Fsp3) is 0.375. The van der Waals surface area contributed by atoms with Gasteiger partial charge in [0.25, 0.3) is 0 Å². The van der Waals surface area contributed by atoms with Gasteiger partial charge in [0.1, 0.15) is 0 Å². The number of anilines is 2. The fourth-order valence-corrected chi connectivity index (χ4v) is 7.05. The molecule has 196 valence electrons. The highest BCUT2D eigenvalue weighted by Gasteiger charge is 2.49. The van der Waals surface area contributed by atoms with Crippen LogP contribution < -0.4 is 15.5 Å². The van der Waals surface area contributed by atoms with E-state index in [9.17, 15) is 9.59 Å². The van der Waals surface area contributed by atoms with Crippen LogP contribution in [0.15, 0.2) is 84.9 Å². The van der Waals surface area contributed by atoms with Gasteiger partial charge in [0, 0.05) is 30.9 Å². The second-order valence-corrected chi connectivity index (χ2v) is 10.8. The summed E-state index contributed by atoms with van der Waals surface area (Å²) in [6.07, 6.45) is 4.61. The molecule has 2 aliphatic heterocycles. The maximum atomic E-state index is 14.5. The standard InChI is InChI=1S/C32H36N4O2/c1-33-32(38)36(23-14-6-3-7-15-23)28-19-11-9-17-25(28)31(37)35-21-20-26-29(22-12-4-2-5-13-22)34-27-18-10-8-16-24(27)30(26)35/h2-8,10,12-16,18,25-26,28-30,34H,9,11,17,19-21H2,1H3,(H,33,38)/t25-,26+,28+,29-,30-/m0/s1. The van der Waals surface area contributed by atoms with E-state index in [2.05, 4.69) is 70.1 Å². The van der Waals surface area contributed by atoms with Gasteiger partial charge in [-0.25, -0.2) is 4.79 Å². The summed E-state index contributed by atoms with van der Waals surface area (Å²) in [7, 11) is 1.67. The highest BCUT2D eigenvalue weighted by molar-refractivity contribution is 5.94. The van der Waals surface area contributed by atoms with E-state index < -0.39 is 0 Å². The molecule has 3 aromatic rings. The van der Waals surface area contributed by atoms with Crippen molar-refractivity contribution in [2.24, 2.45) is 11.8 Å². The van der Waals surface area contributed by atoms with Gasteiger partial charge >= 0.3 is 6.03 Å². The lowest BCUT2D eigenvalue weighted by Gasteiger charge is -2.43. The van der Waals surface area contributed by atoms with Gasteiger partial charge in [0.2, 0.25) is 5.91 Å². The molecule has 38 heavy (non-hydrogen) atoms. The van der Waals surface area contributed by atoms with Crippen LogP contribution in [0.1, 0.15) is 55.3 Å². The summed E-state index contributed by atoms with van der Waals surface area (Å²) in [5.74, 6) is 0.259. The smallest absolute Gasteiger partial charge is 0.321 e. The Morgan fingerprint density at radius 1 is 0.868 bits per heavy atom. The van der Waals surface area contributed by atoms with Gasteiger partial charge in [-0.2, -0.15) is 0 Å². The zero-order valence-corrected chi connectivity index (χ0v) is 21.9. The number of benzene rings is 3. The van der Waals surface area contributed by atoms with Crippen LogP contribution in [0.25, 0.3) is 0 Å². The van der Waals surface area contributed by atoms with Crippen LogP contribution >= 0.6 is 0 Å². The molecular weight excluding hydrogens is 472 g/mol. The molecule has 1 saturated carbocycles. The summed E-state index contributed by atoms with van der Waals surface area (Å²) < 4.78 is 0. The van der Waals surface area contributed by atoms with Crippen LogP contribution in [0.3, 0.4) is 0 Å². The second-order valence-electron chi connectivity index (χ2n) is 10.8. The summed E-state index contributed by atoms with van der Waals surface area (Å²) in [5, 5.41) is 6.62. The van der Waals surface area contributed by atoms with Crippen molar-refractivity contribution in [3.8, 4) is 0 Å². The van der Waals surface area contributed by atoms with E-state index in [1.165, 1.54) is 11.1 Å². The monoisotopic (exact) mass is 508 g/mol. The predicted octanol–water partition coefficient (Wildman–Crippen LogP) is 6.15. The zero-order valence-electron chi connectivity index (χ0n) is 21.9. The van der Waals surface area contributed by atoms with E-state index in [0.29, 0.717) is 5.92 Å².